The van der Waals surface area contributed by atoms with Crippen LogP contribution in [0.3, 0.4) is 0 Å². The Bertz CT molecular complexity index is 585. The van der Waals surface area contributed by atoms with Crippen molar-refractivity contribution in [3.05, 3.63) is 35.9 Å². The lowest BCUT2D eigenvalue weighted by molar-refractivity contribution is -0.145. The molecule has 0 aliphatic carbocycles. The quantitative estimate of drug-likeness (QED) is 0.439. The van der Waals surface area contributed by atoms with Gasteiger partial charge in [0, 0.05) is 6.42 Å². The molecule has 0 bridgehead atoms. The number of hydrogen-bond donors (Lipinski definition) is 1. The third kappa shape index (κ3) is 10.4. The predicted octanol–water partition coefficient (Wildman–Crippen LogP) is 4.02. The maximum Gasteiger partial charge on any atom is 0.408 e. The number of hydrogen-bond acceptors (Lipinski definition) is 5. The van der Waals surface area contributed by atoms with E-state index in [1.54, 1.807) is 0 Å². The van der Waals surface area contributed by atoms with Crippen molar-refractivity contribution >= 4 is 17.8 Å². The smallest absolute Gasteiger partial charge is 0.408 e. The minimum atomic E-state index is -0.670. The Morgan fingerprint density at radius 1 is 1.04 bits per heavy atom. The molecule has 6 heteroatoms. The molecule has 1 rings (SSSR count). The molecular formula is C21H31NO5. The average Bonchev–Trinajstić information content (AvgIpc) is 2.64. The lowest BCUT2D eigenvalue weighted by Crippen LogP contribution is -2.42. The SMILES string of the molecule is CCCCOC(=O)CCC(=O)[C@H](CC(C)C)NC(=O)OCc1ccccc1. The number of benzene rings is 1. The van der Waals surface area contributed by atoms with Gasteiger partial charge in [-0.15, -0.1) is 0 Å². The van der Waals surface area contributed by atoms with Gasteiger partial charge in [-0.25, -0.2) is 4.79 Å². The summed E-state index contributed by atoms with van der Waals surface area (Å²) in [4.78, 5) is 36.2. The van der Waals surface area contributed by atoms with Crippen molar-refractivity contribution in [1.29, 1.82) is 0 Å². The van der Waals surface area contributed by atoms with Gasteiger partial charge >= 0.3 is 12.1 Å². The van der Waals surface area contributed by atoms with Crippen LogP contribution in [0.5, 0.6) is 0 Å². The number of esters is 1. The zero-order valence-electron chi connectivity index (χ0n) is 16.5. The van der Waals surface area contributed by atoms with Crippen molar-refractivity contribution in [1.82, 2.24) is 5.32 Å². The fourth-order valence-corrected chi connectivity index (χ4v) is 2.45. The summed E-state index contributed by atoms with van der Waals surface area (Å²) >= 11 is 0. The topological polar surface area (TPSA) is 81.7 Å². The normalized spacial score (nSPS) is 11.7. The summed E-state index contributed by atoms with van der Waals surface area (Å²) in [5.41, 5.74) is 0.870. The van der Waals surface area contributed by atoms with Gasteiger partial charge in [-0.1, -0.05) is 57.5 Å². The first-order valence-corrected chi connectivity index (χ1v) is 9.57. The molecule has 1 aromatic carbocycles. The number of alkyl carbamates (subject to hydrolysis) is 1. The van der Waals surface area contributed by atoms with E-state index in [9.17, 15) is 14.4 Å². The Morgan fingerprint density at radius 3 is 2.37 bits per heavy atom. The second-order valence-corrected chi connectivity index (χ2v) is 6.93. The van der Waals surface area contributed by atoms with Gasteiger partial charge < -0.3 is 14.8 Å². The molecule has 0 aliphatic heterocycles. The molecule has 6 nitrogen and oxygen atoms in total. The molecule has 0 saturated carbocycles. The van der Waals surface area contributed by atoms with E-state index in [-0.39, 0.29) is 37.1 Å². The van der Waals surface area contributed by atoms with Crippen molar-refractivity contribution in [2.75, 3.05) is 6.61 Å². The highest BCUT2D eigenvalue weighted by Gasteiger charge is 2.23. The summed E-state index contributed by atoms with van der Waals surface area (Å²) < 4.78 is 10.2. The Kier molecular flexibility index (Phi) is 10.8. The maximum absolute atomic E-state index is 12.4. The van der Waals surface area contributed by atoms with Gasteiger partial charge in [0.05, 0.1) is 19.1 Å². The highest BCUT2D eigenvalue weighted by Crippen LogP contribution is 2.10. The number of unbranched alkanes of at least 4 members (excludes halogenated alkanes) is 1. The lowest BCUT2D eigenvalue weighted by atomic mass is 9.98. The minimum absolute atomic E-state index is 0.0257. The van der Waals surface area contributed by atoms with Crippen LogP contribution in [0.4, 0.5) is 4.79 Å². The maximum atomic E-state index is 12.4. The highest BCUT2D eigenvalue weighted by atomic mass is 16.5. The van der Waals surface area contributed by atoms with Crippen molar-refractivity contribution in [3.63, 3.8) is 0 Å². The molecule has 150 valence electrons. The highest BCUT2D eigenvalue weighted by molar-refractivity contribution is 5.89. The first-order chi connectivity index (χ1) is 12.9. The number of carbonyl (C=O) groups excluding carboxylic acids is 3. The van der Waals surface area contributed by atoms with Crippen LogP contribution in [0.1, 0.15) is 58.4 Å². The summed E-state index contributed by atoms with van der Waals surface area (Å²) in [5.74, 6) is -0.357. The number of rotatable bonds is 12. The largest absolute Gasteiger partial charge is 0.466 e. The molecule has 0 unspecified atom stereocenters. The lowest BCUT2D eigenvalue weighted by Gasteiger charge is -2.19. The first-order valence-electron chi connectivity index (χ1n) is 9.57. The molecule has 0 radical (unpaired) electrons. The van der Waals surface area contributed by atoms with Crippen LogP contribution >= 0.6 is 0 Å². The van der Waals surface area contributed by atoms with E-state index < -0.39 is 12.1 Å². The van der Waals surface area contributed by atoms with Gasteiger partial charge in [0.25, 0.3) is 0 Å². The van der Waals surface area contributed by atoms with Crippen LogP contribution < -0.4 is 5.32 Å². The second kappa shape index (κ2) is 12.9. The van der Waals surface area contributed by atoms with Crippen molar-refractivity contribution < 1.29 is 23.9 Å². The summed E-state index contributed by atoms with van der Waals surface area (Å²) in [6.45, 7) is 6.46. The zero-order valence-corrected chi connectivity index (χ0v) is 16.5. The van der Waals surface area contributed by atoms with Crippen LogP contribution in [-0.4, -0.2) is 30.5 Å². The third-order valence-electron chi connectivity index (χ3n) is 3.94. The summed E-state index contributed by atoms with van der Waals surface area (Å²) in [6.07, 6.45) is 1.68. The molecular weight excluding hydrogens is 346 g/mol. The van der Waals surface area contributed by atoms with Gasteiger partial charge in [0.1, 0.15) is 6.61 Å². The first kappa shape index (κ1) is 22.7. The molecule has 0 fully saturated rings. The number of ketones is 1. The predicted molar refractivity (Wildman–Crippen MR) is 103 cm³/mol. The average molecular weight is 377 g/mol. The number of carbonyl (C=O) groups is 3. The third-order valence-corrected chi connectivity index (χ3v) is 3.94. The van der Waals surface area contributed by atoms with E-state index >= 15 is 0 Å². The minimum Gasteiger partial charge on any atom is -0.466 e. The van der Waals surface area contributed by atoms with E-state index in [2.05, 4.69) is 5.32 Å². The monoisotopic (exact) mass is 377 g/mol. The van der Waals surface area contributed by atoms with Gasteiger partial charge in [0.2, 0.25) is 0 Å². The van der Waals surface area contributed by atoms with Crippen LogP contribution in [0.15, 0.2) is 30.3 Å². The number of nitrogens with one attached hydrogen (secondary N) is 1. The van der Waals surface area contributed by atoms with E-state index in [4.69, 9.17) is 9.47 Å². The molecule has 1 amide bonds. The molecule has 0 saturated heterocycles. The van der Waals surface area contributed by atoms with E-state index in [0.717, 1.165) is 18.4 Å². The van der Waals surface area contributed by atoms with Crippen LogP contribution in [0, 0.1) is 5.92 Å². The van der Waals surface area contributed by atoms with Crippen LogP contribution in [0.2, 0.25) is 0 Å². The molecule has 1 N–H and O–H groups in total. The van der Waals surface area contributed by atoms with E-state index in [0.29, 0.717) is 13.0 Å². The molecule has 0 aliphatic rings. The standard InChI is InChI=1S/C21H31NO5/c1-4-5-13-26-20(24)12-11-19(23)18(14-16(2)3)22-21(25)27-15-17-9-7-6-8-10-17/h6-10,16,18H,4-5,11-15H2,1-3H3,(H,22,25)/t18-/m0/s1. The number of amides is 1. The van der Waals surface area contributed by atoms with Crippen molar-refractivity contribution in [2.45, 2.75) is 65.5 Å². The second-order valence-electron chi connectivity index (χ2n) is 6.93. The number of Topliss-reactive ketones (excluding diaryl/α,β-unsaturated/α-hetero) is 1. The van der Waals surface area contributed by atoms with Crippen molar-refractivity contribution in [2.24, 2.45) is 5.92 Å². The van der Waals surface area contributed by atoms with Crippen LogP contribution in [0.25, 0.3) is 0 Å². The summed E-state index contributed by atoms with van der Waals surface area (Å²) in [6, 6.07) is 8.65. The fraction of sp³-hybridized carbons (Fsp3) is 0.571. The molecule has 0 heterocycles. The fourth-order valence-electron chi connectivity index (χ4n) is 2.45. The van der Waals surface area contributed by atoms with Crippen LogP contribution in [-0.2, 0) is 25.7 Å². The summed E-state index contributed by atoms with van der Waals surface area (Å²) in [5, 5.41) is 2.63. The molecule has 27 heavy (non-hydrogen) atoms. The van der Waals surface area contributed by atoms with E-state index in [1.807, 2.05) is 51.1 Å². The van der Waals surface area contributed by atoms with E-state index in [1.165, 1.54) is 0 Å². The van der Waals surface area contributed by atoms with Gasteiger partial charge in [-0.3, -0.25) is 9.59 Å². The molecule has 1 atom stereocenters. The molecule has 1 aromatic rings. The summed E-state index contributed by atoms with van der Waals surface area (Å²) in [7, 11) is 0. The Labute approximate surface area is 161 Å². The Hall–Kier alpha value is -2.37. The molecule has 0 aromatic heterocycles. The van der Waals surface area contributed by atoms with Gasteiger partial charge in [0.15, 0.2) is 5.78 Å². The van der Waals surface area contributed by atoms with Crippen molar-refractivity contribution in [3.8, 4) is 0 Å². The Balaban J connectivity index is 2.46. The Morgan fingerprint density at radius 2 is 1.74 bits per heavy atom. The van der Waals surface area contributed by atoms with Gasteiger partial charge in [-0.05, 0) is 24.3 Å². The van der Waals surface area contributed by atoms with Gasteiger partial charge in [-0.2, -0.15) is 0 Å². The number of ether oxygens (including phenoxy) is 2. The zero-order chi connectivity index (χ0) is 20.1. The molecule has 0 spiro atoms.